The van der Waals surface area contributed by atoms with Gasteiger partial charge in [-0.1, -0.05) is 25.1 Å². The molecule has 1 N–H and O–H groups in total. The van der Waals surface area contributed by atoms with Crippen molar-refractivity contribution in [2.75, 3.05) is 25.5 Å². The molecule has 0 aliphatic carbocycles. The number of esters is 1. The maximum atomic E-state index is 15.3. The van der Waals surface area contributed by atoms with Crippen LogP contribution in [0.5, 0.6) is 0 Å². The van der Waals surface area contributed by atoms with Gasteiger partial charge in [-0.25, -0.2) is 23.5 Å². The number of hydrogen-bond acceptors (Lipinski definition) is 12. The molecule has 0 bridgehead atoms. The predicted octanol–water partition coefficient (Wildman–Crippen LogP) is 4.98. The van der Waals surface area contributed by atoms with E-state index in [1.165, 1.54) is 53.5 Å². The van der Waals surface area contributed by atoms with Crippen LogP contribution in [0.25, 0.3) is 11.3 Å². The van der Waals surface area contributed by atoms with Crippen LogP contribution in [0.2, 0.25) is 0 Å². The van der Waals surface area contributed by atoms with Crippen LogP contribution in [0, 0.1) is 27.9 Å². The van der Waals surface area contributed by atoms with E-state index >= 15 is 4.39 Å². The number of hydrogen-bond donors (Lipinski definition) is 1. The number of ether oxygens (including phenoxy) is 2. The maximum Gasteiger partial charge on any atom is 0.418 e. The molecule has 5 rings (SSSR count). The van der Waals surface area contributed by atoms with Gasteiger partial charge >= 0.3 is 12.1 Å². The molecule has 53 heavy (non-hydrogen) atoms. The van der Waals surface area contributed by atoms with Crippen LogP contribution in [0.4, 0.5) is 19.4 Å². The third kappa shape index (κ3) is 8.83. The van der Waals surface area contributed by atoms with Gasteiger partial charge in [0.05, 0.1) is 27.6 Å². The largest absolute Gasteiger partial charge is 0.459 e. The molecule has 0 fully saturated rings. The highest BCUT2D eigenvalue weighted by atomic mass is 32.1. The summed E-state index contributed by atoms with van der Waals surface area (Å²) in [4.78, 5) is 45.8. The Labute approximate surface area is 306 Å². The van der Waals surface area contributed by atoms with Crippen molar-refractivity contribution >= 4 is 29.2 Å². The van der Waals surface area contributed by atoms with Gasteiger partial charge in [0.1, 0.15) is 42.7 Å². The van der Waals surface area contributed by atoms with Crippen molar-refractivity contribution < 1.29 is 37.5 Å². The topological polar surface area (TPSA) is 180 Å². The van der Waals surface area contributed by atoms with Gasteiger partial charge in [0, 0.05) is 60.3 Å². The molecule has 274 valence electrons. The smallest absolute Gasteiger partial charge is 0.418 e. The Balaban J connectivity index is 1.33. The Hall–Kier alpha value is -6.19. The Bertz CT molecular complexity index is 2140. The van der Waals surface area contributed by atoms with E-state index in [-0.39, 0.29) is 31.1 Å². The number of nitriles is 1. The Morgan fingerprint density at radius 3 is 2.64 bits per heavy atom. The van der Waals surface area contributed by atoms with Gasteiger partial charge in [-0.15, -0.1) is 20.9 Å². The first kappa shape index (κ1) is 38.1. The number of pyridine rings is 1. The summed E-state index contributed by atoms with van der Waals surface area (Å²) in [5.41, 5.74) is -0.169. The number of nitrogens with zero attached hydrogens (tertiary/aromatic N) is 9. The second-order valence-corrected chi connectivity index (χ2v) is 12.9. The molecule has 1 amide bonds. The number of nitroso groups, excluding NO2 is 1. The lowest BCUT2D eigenvalue weighted by Gasteiger charge is -2.32. The second kappa shape index (κ2) is 16.4. The summed E-state index contributed by atoms with van der Waals surface area (Å²) in [5.74, 6) is -3.01. The molecule has 5 aromatic rings. The van der Waals surface area contributed by atoms with Crippen LogP contribution in [-0.4, -0.2) is 62.6 Å². The van der Waals surface area contributed by atoms with Crippen LogP contribution >= 0.6 is 11.3 Å². The fourth-order valence-electron chi connectivity index (χ4n) is 5.32. The summed E-state index contributed by atoms with van der Waals surface area (Å²) in [6.07, 6.45) is 2.46. The van der Waals surface area contributed by atoms with Gasteiger partial charge in [-0.05, 0) is 36.4 Å². The van der Waals surface area contributed by atoms with E-state index in [2.05, 4.69) is 26.4 Å². The minimum absolute atomic E-state index is 0.153. The lowest BCUT2D eigenvalue weighted by Crippen LogP contribution is -2.42. The first-order chi connectivity index (χ1) is 25.3. The van der Waals surface area contributed by atoms with E-state index in [0.29, 0.717) is 21.8 Å². The van der Waals surface area contributed by atoms with E-state index in [9.17, 15) is 24.0 Å². The number of benzene rings is 2. The number of likely N-dealkylation sites (N-methyl/N-ethyl adjacent to an activating group) is 1. The third-order valence-electron chi connectivity index (χ3n) is 8.35. The van der Waals surface area contributed by atoms with Crippen molar-refractivity contribution in [1.29, 1.82) is 5.26 Å². The SMILES string of the molecule is CC(OC(=O)N(C)c1ncccc1COC(=O)CN(C)N=O)[n+]1cnn(C[C@](O)(c2cc(F)ccc2F)[C@@H](C)c2nc(-c3ccc(C#N)cc3)cs2)c1. The van der Waals surface area contributed by atoms with Crippen molar-refractivity contribution in [2.45, 2.75) is 44.7 Å². The highest BCUT2D eigenvalue weighted by Crippen LogP contribution is 2.41. The van der Waals surface area contributed by atoms with E-state index in [0.717, 1.165) is 33.7 Å². The summed E-state index contributed by atoms with van der Waals surface area (Å²) >= 11 is 1.23. The summed E-state index contributed by atoms with van der Waals surface area (Å²) in [6, 6.07) is 14.9. The highest BCUT2D eigenvalue weighted by molar-refractivity contribution is 7.10. The van der Waals surface area contributed by atoms with E-state index < -0.39 is 41.4 Å². The number of halogens is 2. The number of thiazole rings is 1. The molecule has 0 radical (unpaired) electrons. The first-order valence-electron chi connectivity index (χ1n) is 16.0. The standard InChI is InChI=1S/C35H34F2N9O6S/c1-22(33-41-30(18-53-33)25-9-7-24(15-38)8-10-25)35(49,28-14-27(36)11-12-29(28)37)19-46-21-45(20-40-46)23(2)52-34(48)44(4)32-26(6-5-13-39-32)17-51-31(47)16-43(3)42-50/h5-14,18,20-23,49H,16-17,19H2,1-4H3/q+1/t22-,23?,35+/m0/s1. The van der Waals surface area contributed by atoms with Crippen LogP contribution in [-0.2, 0) is 33.0 Å². The molecule has 15 nitrogen and oxygen atoms in total. The van der Waals surface area contributed by atoms with Gasteiger partial charge in [-0.2, -0.15) is 9.83 Å². The molecule has 1 unspecified atom stereocenters. The minimum Gasteiger partial charge on any atom is -0.459 e. The maximum absolute atomic E-state index is 15.3. The number of aromatic nitrogens is 5. The molecular formula is C35H34F2N9O6S+. The zero-order chi connectivity index (χ0) is 38.3. The van der Waals surface area contributed by atoms with Crippen molar-refractivity contribution in [3.63, 3.8) is 0 Å². The average Bonchev–Trinajstić information content (AvgIpc) is 3.85. The van der Waals surface area contributed by atoms with E-state index in [1.54, 1.807) is 55.6 Å². The number of aliphatic hydroxyl groups is 1. The molecule has 0 saturated heterocycles. The summed E-state index contributed by atoms with van der Waals surface area (Å²) in [7, 11) is 2.74. The molecular weight excluding hydrogens is 713 g/mol. The van der Waals surface area contributed by atoms with E-state index in [1.807, 2.05) is 0 Å². The average molecular weight is 747 g/mol. The zero-order valence-electron chi connectivity index (χ0n) is 29.0. The summed E-state index contributed by atoms with van der Waals surface area (Å²) < 4.78 is 43.4. The monoisotopic (exact) mass is 746 g/mol. The molecule has 3 aromatic heterocycles. The Morgan fingerprint density at radius 1 is 1.17 bits per heavy atom. The van der Waals surface area contributed by atoms with Crippen molar-refractivity contribution in [1.82, 2.24) is 24.8 Å². The molecule has 18 heteroatoms. The number of amides is 1. The summed E-state index contributed by atoms with van der Waals surface area (Å²) in [5, 5.41) is 31.4. The van der Waals surface area contributed by atoms with Crippen LogP contribution in [0.15, 0.2) is 84.1 Å². The van der Waals surface area contributed by atoms with Gasteiger partial charge in [-0.3, -0.25) is 14.7 Å². The summed E-state index contributed by atoms with van der Waals surface area (Å²) in [6.45, 7) is 2.27. The van der Waals surface area contributed by atoms with Crippen molar-refractivity contribution in [3.8, 4) is 17.3 Å². The molecule has 0 saturated carbocycles. The molecule has 0 spiro atoms. The van der Waals surface area contributed by atoms with E-state index in [4.69, 9.17) is 14.7 Å². The Kier molecular flexibility index (Phi) is 11.8. The number of carbonyl (C=O) groups is 2. The van der Waals surface area contributed by atoms with Crippen LogP contribution < -0.4 is 9.47 Å². The molecule has 0 aliphatic rings. The molecule has 3 atom stereocenters. The number of anilines is 1. The van der Waals surface area contributed by atoms with Gasteiger partial charge in [0.25, 0.3) is 6.33 Å². The lowest BCUT2D eigenvalue weighted by molar-refractivity contribution is -0.753. The van der Waals surface area contributed by atoms with Crippen molar-refractivity contribution in [3.05, 3.63) is 117 Å². The van der Waals surface area contributed by atoms with Gasteiger partial charge in [0.2, 0.25) is 12.6 Å². The predicted molar refractivity (Wildman–Crippen MR) is 185 cm³/mol. The van der Waals surface area contributed by atoms with Crippen LogP contribution in [0.1, 0.15) is 47.7 Å². The minimum atomic E-state index is -2.06. The number of carbonyl (C=O) groups excluding carboxylic acids is 2. The van der Waals surface area contributed by atoms with Gasteiger partial charge < -0.3 is 14.6 Å². The normalized spacial score (nSPS) is 13.2. The highest BCUT2D eigenvalue weighted by Gasteiger charge is 2.43. The third-order valence-corrected chi connectivity index (χ3v) is 9.38. The fourth-order valence-corrected chi connectivity index (χ4v) is 6.29. The van der Waals surface area contributed by atoms with Crippen LogP contribution in [0.3, 0.4) is 0 Å². The second-order valence-electron chi connectivity index (χ2n) is 12.0. The quantitative estimate of drug-likeness (QED) is 0.0701. The van der Waals surface area contributed by atoms with Crippen molar-refractivity contribution in [2.24, 2.45) is 5.29 Å². The molecule has 2 aromatic carbocycles. The lowest BCUT2D eigenvalue weighted by atomic mass is 9.82. The van der Waals surface area contributed by atoms with Gasteiger partial charge in [0.15, 0.2) is 0 Å². The zero-order valence-corrected chi connectivity index (χ0v) is 29.8. The fraction of sp³-hybridized carbons (Fsp3) is 0.286. The Morgan fingerprint density at radius 2 is 1.92 bits per heavy atom. The first-order valence-corrected chi connectivity index (χ1v) is 16.9. The molecule has 3 heterocycles. The molecule has 0 aliphatic heterocycles. The number of rotatable bonds is 14.